The Labute approximate surface area is 290 Å². The SMILES string of the molecule is Cc1nc(C(Oc2cccc([N+](=O)[O-])c2)c2cccc([N+](=O)[O-])c2)no1.Cc1nc(C(Oc2cccc([N+](=O)[O-])c2)c2cccc([N+](=O)[O-])c2)no1. The molecule has 0 fully saturated rings. The first-order valence-electron chi connectivity index (χ1n) is 14.8. The molecule has 2 aromatic heterocycles. The number of nitro benzene ring substituents is 4. The van der Waals surface area contributed by atoms with Gasteiger partial charge in [0.1, 0.15) is 11.5 Å². The van der Waals surface area contributed by atoms with Gasteiger partial charge in [0.05, 0.1) is 31.8 Å². The third-order valence-corrected chi connectivity index (χ3v) is 6.89. The molecule has 2 atom stereocenters. The molecule has 20 heteroatoms. The molecular weight excluding hydrogens is 688 g/mol. The highest BCUT2D eigenvalue weighted by atomic mass is 16.6. The van der Waals surface area contributed by atoms with Crippen LogP contribution in [0, 0.1) is 54.3 Å². The molecule has 0 amide bonds. The van der Waals surface area contributed by atoms with Crippen molar-refractivity contribution in [3.05, 3.63) is 172 Å². The van der Waals surface area contributed by atoms with E-state index in [-0.39, 0.29) is 57.7 Å². The molecule has 4 aromatic carbocycles. The lowest BCUT2D eigenvalue weighted by Crippen LogP contribution is -2.12. The van der Waals surface area contributed by atoms with Crippen LogP contribution in [0.1, 0.15) is 46.8 Å². The summed E-state index contributed by atoms with van der Waals surface area (Å²) in [5.74, 6) is 1.26. The number of nitro groups is 4. The van der Waals surface area contributed by atoms with Crippen molar-refractivity contribution in [1.29, 1.82) is 0 Å². The number of hydrogen-bond donors (Lipinski definition) is 0. The quantitative estimate of drug-likeness (QED) is 0.0939. The van der Waals surface area contributed by atoms with Crippen LogP contribution >= 0.6 is 0 Å². The van der Waals surface area contributed by atoms with Crippen molar-refractivity contribution in [3.8, 4) is 11.5 Å². The van der Waals surface area contributed by atoms with Gasteiger partial charge in [-0.05, 0) is 12.1 Å². The highest BCUT2D eigenvalue weighted by molar-refractivity contribution is 5.42. The van der Waals surface area contributed by atoms with Crippen molar-refractivity contribution < 1.29 is 38.2 Å². The second kappa shape index (κ2) is 15.7. The molecule has 264 valence electrons. The lowest BCUT2D eigenvalue weighted by Gasteiger charge is -2.16. The third kappa shape index (κ3) is 8.87. The topological polar surface area (TPSA) is 269 Å². The second-order valence-electron chi connectivity index (χ2n) is 10.6. The van der Waals surface area contributed by atoms with E-state index in [2.05, 4.69) is 20.3 Å². The first-order valence-corrected chi connectivity index (χ1v) is 14.8. The van der Waals surface area contributed by atoms with Gasteiger partial charge in [-0.25, -0.2) is 0 Å². The number of ether oxygens (including phenoxy) is 2. The van der Waals surface area contributed by atoms with E-state index >= 15 is 0 Å². The van der Waals surface area contributed by atoms with Gasteiger partial charge in [0.2, 0.25) is 23.4 Å². The van der Waals surface area contributed by atoms with E-state index in [1.54, 1.807) is 26.0 Å². The fraction of sp³-hybridized carbons (Fsp3) is 0.125. The van der Waals surface area contributed by atoms with Crippen LogP contribution in [0.15, 0.2) is 106 Å². The molecule has 0 bridgehead atoms. The van der Waals surface area contributed by atoms with Crippen LogP contribution < -0.4 is 9.47 Å². The fourth-order valence-corrected chi connectivity index (χ4v) is 4.60. The summed E-state index contributed by atoms with van der Waals surface area (Å²) in [4.78, 5) is 50.0. The van der Waals surface area contributed by atoms with Gasteiger partial charge in [-0.2, -0.15) is 9.97 Å². The van der Waals surface area contributed by atoms with Crippen LogP contribution in [0.5, 0.6) is 11.5 Å². The number of hydrogen-bond acceptors (Lipinski definition) is 16. The normalized spacial score (nSPS) is 11.7. The molecule has 0 aliphatic heterocycles. The Morgan fingerprint density at radius 3 is 1.15 bits per heavy atom. The monoisotopic (exact) mass is 712 g/mol. The van der Waals surface area contributed by atoms with Crippen LogP contribution in [-0.4, -0.2) is 40.0 Å². The number of benzene rings is 4. The minimum atomic E-state index is -0.936. The first-order chi connectivity index (χ1) is 24.9. The number of rotatable bonds is 12. The maximum absolute atomic E-state index is 11.0. The van der Waals surface area contributed by atoms with Gasteiger partial charge in [-0.3, -0.25) is 40.5 Å². The Kier molecular flexibility index (Phi) is 10.8. The molecule has 6 rings (SSSR count). The van der Waals surface area contributed by atoms with Gasteiger partial charge in [-0.1, -0.05) is 46.7 Å². The van der Waals surface area contributed by atoms with E-state index < -0.39 is 31.9 Å². The number of aromatic nitrogens is 4. The van der Waals surface area contributed by atoms with E-state index in [9.17, 15) is 40.5 Å². The molecule has 0 radical (unpaired) electrons. The van der Waals surface area contributed by atoms with Crippen molar-refractivity contribution in [3.63, 3.8) is 0 Å². The van der Waals surface area contributed by atoms with Crippen molar-refractivity contribution >= 4 is 22.7 Å². The molecule has 2 unspecified atom stereocenters. The molecule has 52 heavy (non-hydrogen) atoms. The van der Waals surface area contributed by atoms with Crippen LogP contribution in [0.4, 0.5) is 22.7 Å². The van der Waals surface area contributed by atoms with Crippen molar-refractivity contribution in [2.45, 2.75) is 26.1 Å². The van der Waals surface area contributed by atoms with Crippen LogP contribution in [-0.2, 0) is 0 Å². The summed E-state index contributed by atoms with van der Waals surface area (Å²) in [6, 6.07) is 22.7. The summed E-state index contributed by atoms with van der Waals surface area (Å²) in [5, 5.41) is 51.6. The average molecular weight is 713 g/mol. The average Bonchev–Trinajstić information content (AvgIpc) is 3.77. The number of non-ortho nitro benzene ring substituents is 4. The van der Waals surface area contributed by atoms with E-state index in [0.717, 1.165) is 0 Å². The summed E-state index contributed by atoms with van der Waals surface area (Å²) >= 11 is 0. The standard InChI is InChI=1S/2C16H12N4O6/c2*1-10-17-16(18-26-10)15(11-4-2-5-12(8-11)19(21)22)25-14-7-3-6-13(9-14)20(23)24/h2*2-9,15H,1H3. The van der Waals surface area contributed by atoms with Gasteiger partial charge >= 0.3 is 0 Å². The maximum atomic E-state index is 11.0. The molecule has 2 heterocycles. The van der Waals surface area contributed by atoms with Crippen LogP contribution in [0.2, 0.25) is 0 Å². The fourth-order valence-electron chi connectivity index (χ4n) is 4.60. The Morgan fingerprint density at radius 1 is 0.519 bits per heavy atom. The maximum Gasteiger partial charge on any atom is 0.273 e. The molecule has 0 aliphatic rings. The summed E-state index contributed by atoms with van der Waals surface area (Å²) in [6.45, 7) is 3.18. The van der Waals surface area contributed by atoms with Gasteiger partial charge in [-0.15, -0.1) is 0 Å². The molecule has 0 N–H and O–H groups in total. The summed E-state index contributed by atoms with van der Waals surface area (Å²) in [5.41, 5.74) is 0.262. The molecule has 0 spiro atoms. The summed E-state index contributed by atoms with van der Waals surface area (Å²) in [7, 11) is 0. The van der Waals surface area contributed by atoms with E-state index in [1.807, 2.05) is 0 Å². The third-order valence-electron chi connectivity index (χ3n) is 6.89. The highest BCUT2D eigenvalue weighted by Crippen LogP contribution is 2.32. The van der Waals surface area contributed by atoms with Crippen LogP contribution in [0.25, 0.3) is 0 Å². The molecule has 20 nitrogen and oxygen atoms in total. The van der Waals surface area contributed by atoms with Gasteiger partial charge in [0, 0.05) is 61.4 Å². The molecular formula is C32H24N8O12. The highest BCUT2D eigenvalue weighted by Gasteiger charge is 2.26. The molecule has 0 saturated carbocycles. The molecule has 0 aliphatic carbocycles. The van der Waals surface area contributed by atoms with Gasteiger partial charge in [0.25, 0.3) is 22.7 Å². The zero-order valence-electron chi connectivity index (χ0n) is 26.9. The molecule has 0 saturated heterocycles. The Morgan fingerprint density at radius 2 is 0.846 bits per heavy atom. The van der Waals surface area contributed by atoms with E-state index in [1.165, 1.54) is 84.9 Å². The number of aryl methyl sites for hydroxylation is 2. The van der Waals surface area contributed by atoms with Crippen molar-refractivity contribution in [2.24, 2.45) is 0 Å². The smallest absolute Gasteiger partial charge is 0.273 e. The van der Waals surface area contributed by atoms with E-state index in [4.69, 9.17) is 18.5 Å². The summed E-state index contributed by atoms with van der Waals surface area (Å²) in [6.07, 6.45) is -1.87. The van der Waals surface area contributed by atoms with Crippen LogP contribution in [0.3, 0.4) is 0 Å². The lowest BCUT2D eigenvalue weighted by molar-refractivity contribution is -0.385. The lowest BCUT2D eigenvalue weighted by atomic mass is 10.1. The Balaban J connectivity index is 0.000000201. The van der Waals surface area contributed by atoms with Gasteiger partial charge < -0.3 is 18.5 Å². The van der Waals surface area contributed by atoms with Crippen molar-refractivity contribution in [1.82, 2.24) is 20.3 Å². The minimum absolute atomic E-state index is 0.129. The second-order valence-corrected chi connectivity index (χ2v) is 10.6. The van der Waals surface area contributed by atoms with E-state index in [0.29, 0.717) is 11.1 Å². The Bertz CT molecular complexity index is 2100. The zero-order chi connectivity index (χ0) is 37.4. The Hall–Kier alpha value is -7.64. The first kappa shape index (κ1) is 35.7. The van der Waals surface area contributed by atoms with Gasteiger partial charge in [0.15, 0.2) is 12.2 Å². The minimum Gasteiger partial charge on any atom is -0.477 e. The molecule has 6 aromatic rings. The number of nitrogens with zero attached hydrogens (tertiary/aromatic N) is 8. The van der Waals surface area contributed by atoms with Crippen molar-refractivity contribution in [2.75, 3.05) is 0 Å². The predicted molar refractivity (Wildman–Crippen MR) is 175 cm³/mol. The largest absolute Gasteiger partial charge is 0.477 e. The zero-order valence-corrected chi connectivity index (χ0v) is 26.9. The predicted octanol–water partition coefficient (Wildman–Crippen LogP) is 6.73. The summed E-state index contributed by atoms with van der Waals surface area (Å²) < 4.78 is 21.5.